The Morgan fingerprint density at radius 2 is 1.94 bits per heavy atom. The van der Waals surface area contributed by atoms with Gasteiger partial charge in [0, 0.05) is 42.1 Å². The lowest BCUT2D eigenvalue weighted by Crippen LogP contribution is -2.55. The monoisotopic (exact) mass is 491 g/mol. The molecule has 3 aliphatic heterocycles. The first-order valence-corrected chi connectivity index (χ1v) is 12.1. The summed E-state index contributed by atoms with van der Waals surface area (Å²) in [5, 5.41) is 13.4. The fourth-order valence-electron chi connectivity index (χ4n) is 4.89. The van der Waals surface area contributed by atoms with E-state index in [0.29, 0.717) is 29.3 Å². The SMILES string of the molecule is Cc1cc(C(=O)N2CCCC2)cc(N2CCOC(C(O)C(=O)Nc3ccc4c(c3)CN=C4N)C2=O)c1. The molecule has 3 amide bonds. The van der Waals surface area contributed by atoms with Gasteiger partial charge in [-0.1, -0.05) is 0 Å². The average Bonchev–Trinajstić information content (AvgIpc) is 3.53. The van der Waals surface area contributed by atoms with Crippen molar-refractivity contribution in [1.29, 1.82) is 0 Å². The van der Waals surface area contributed by atoms with E-state index in [1.54, 1.807) is 24.3 Å². The van der Waals surface area contributed by atoms with Gasteiger partial charge in [-0.25, -0.2) is 0 Å². The number of hydrogen-bond acceptors (Lipinski definition) is 7. The number of hydrogen-bond donors (Lipinski definition) is 3. The Morgan fingerprint density at radius 3 is 2.72 bits per heavy atom. The summed E-state index contributed by atoms with van der Waals surface area (Å²) < 4.78 is 5.53. The third kappa shape index (κ3) is 4.57. The van der Waals surface area contributed by atoms with Crippen LogP contribution < -0.4 is 16.0 Å². The van der Waals surface area contributed by atoms with E-state index in [1.165, 1.54) is 4.90 Å². The number of nitrogens with two attached hydrogens (primary N) is 1. The molecule has 0 bridgehead atoms. The topological polar surface area (TPSA) is 138 Å². The number of carbonyl (C=O) groups excluding carboxylic acids is 3. The lowest BCUT2D eigenvalue weighted by Gasteiger charge is -2.34. The molecule has 2 unspecified atom stereocenters. The van der Waals surface area contributed by atoms with E-state index in [1.807, 2.05) is 24.0 Å². The first-order valence-electron chi connectivity index (χ1n) is 12.1. The molecule has 4 N–H and O–H groups in total. The minimum absolute atomic E-state index is 0.0596. The predicted molar refractivity (Wildman–Crippen MR) is 134 cm³/mol. The molecule has 0 spiro atoms. The zero-order valence-electron chi connectivity index (χ0n) is 20.1. The molecule has 188 valence electrons. The lowest BCUT2D eigenvalue weighted by molar-refractivity contribution is -0.150. The summed E-state index contributed by atoms with van der Waals surface area (Å²) in [6.07, 6.45) is -1.11. The number of fused-ring (bicyclic) bond motifs is 1. The summed E-state index contributed by atoms with van der Waals surface area (Å²) in [5.74, 6) is -0.901. The van der Waals surface area contributed by atoms with E-state index in [2.05, 4.69) is 10.3 Å². The van der Waals surface area contributed by atoms with Crippen LogP contribution >= 0.6 is 0 Å². The van der Waals surface area contributed by atoms with E-state index in [-0.39, 0.29) is 19.1 Å². The second-order valence-electron chi connectivity index (χ2n) is 9.35. The number of aliphatic imine (C=N–C) groups is 1. The number of aliphatic hydroxyl groups excluding tert-OH is 1. The van der Waals surface area contributed by atoms with Gasteiger partial charge in [0.2, 0.25) is 0 Å². The van der Waals surface area contributed by atoms with Crippen molar-refractivity contribution in [3.8, 4) is 0 Å². The fourth-order valence-corrected chi connectivity index (χ4v) is 4.89. The largest absolute Gasteiger partial charge is 0.383 e. The molecule has 0 radical (unpaired) electrons. The van der Waals surface area contributed by atoms with Crippen LogP contribution in [-0.2, 0) is 20.9 Å². The number of amidine groups is 1. The number of morpholine rings is 1. The Labute approximate surface area is 208 Å². The van der Waals surface area contributed by atoms with Crippen molar-refractivity contribution in [2.75, 3.05) is 36.5 Å². The average molecular weight is 492 g/mol. The molecule has 2 atom stereocenters. The predicted octanol–water partition coefficient (Wildman–Crippen LogP) is 1.18. The zero-order valence-corrected chi connectivity index (χ0v) is 20.1. The van der Waals surface area contributed by atoms with Crippen molar-refractivity contribution in [1.82, 2.24) is 4.90 Å². The minimum Gasteiger partial charge on any atom is -0.383 e. The molecule has 2 fully saturated rings. The highest BCUT2D eigenvalue weighted by atomic mass is 16.5. The van der Waals surface area contributed by atoms with Gasteiger partial charge in [0.15, 0.2) is 12.2 Å². The Balaban J connectivity index is 1.30. The van der Waals surface area contributed by atoms with Crippen molar-refractivity contribution in [3.63, 3.8) is 0 Å². The van der Waals surface area contributed by atoms with Crippen LogP contribution in [0.5, 0.6) is 0 Å². The molecule has 10 nitrogen and oxygen atoms in total. The van der Waals surface area contributed by atoms with Crippen molar-refractivity contribution in [2.45, 2.75) is 38.5 Å². The number of nitrogens with one attached hydrogen (secondary N) is 1. The van der Waals surface area contributed by atoms with Crippen LogP contribution in [0.4, 0.5) is 11.4 Å². The maximum atomic E-state index is 13.3. The number of benzene rings is 2. The summed E-state index contributed by atoms with van der Waals surface area (Å²) in [6, 6.07) is 10.5. The number of aliphatic hydroxyl groups is 1. The van der Waals surface area contributed by atoms with Crippen LogP contribution in [0.25, 0.3) is 0 Å². The van der Waals surface area contributed by atoms with Crippen LogP contribution in [0, 0.1) is 6.92 Å². The van der Waals surface area contributed by atoms with E-state index in [0.717, 1.165) is 42.6 Å². The number of aryl methyl sites for hydroxylation is 1. The fraction of sp³-hybridized carbons (Fsp3) is 0.385. The van der Waals surface area contributed by atoms with Gasteiger partial charge >= 0.3 is 0 Å². The first-order chi connectivity index (χ1) is 17.3. The Morgan fingerprint density at radius 1 is 1.17 bits per heavy atom. The van der Waals surface area contributed by atoms with Crippen molar-refractivity contribution >= 4 is 34.9 Å². The summed E-state index contributed by atoms with van der Waals surface area (Å²) in [7, 11) is 0. The van der Waals surface area contributed by atoms with Crippen LogP contribution in [0.1, 0.15) is 39.9 Å². The summed E-state index contributed by atoms with van der Waals surface area (Å²) in [4.78, 5) is 46.5. The van der Waals surface area contributed by atoms with Gasteiger partial charge in [0.25, 0.3) is 17.7 Å². The molecule has 3 heterocycles. The van der Waals surface area contributed by atoms with Crippen LogP contribution in [-0.4, -0.2) is 72.0 Å². The standard InChI is InChI=1S/C26H29N5O5/c1-15-10-16(25(34)30-6-2-3-7-30)13-19(11-15)31-8-9-36-22(26(31)35)21(32)24(33)29-18-4-5-20-17(12-18)14-28-23(20)27/h4-5,10-13,21-22,32H,2-3,6-9,14H2,1H3,(H2,27,28)(H,29,33). The molecule has 36 heavy (non-hydrogen) atoms. The number of nitrogens with zero attached hydrogens (tertiary/aromatic N) is 3. The smallest absolute Gasteiger partial charge is 0.259 e. The highest BCUT2D eigenvalue weighted by Crippen LogP contribution is 2.26. The molecule has 10 heteroatoms. The third-order valence-electron chi connectivity index (χ3n) is 6.76. The molecule has 2 aromatic carbocycles. The number of amides is 3. The van der Waals surface area contributed by atoms with Crippen LogP contribution in [0.2, 0.25) is 0 Å². The molecule has 2 saturated heterocycles. The summed E-state index contributed by atoms with van der Waals surface area (Å²) in [6.45, 7) is 4.13. The maximum Gasteiger partial charge on any atom is 0.259 e. The number of anilines is 2. The molecule has 5 rings (SSSR count). The third-order valence-corrected chi connectivity index (χ3v) is 6.76. The quantitative estimate of drug-likeness (QED) is 0.574. The van der Waals surface area contributed by atoms with E-state index in [4.69, 9.17) is 10.5 Å². The zero-order chi connectivity index (χ0) is 25.4. The van der Waals surface area contributed by atoms with Crippen molar-refractivity contribution in [3.05, 3.63) is 58.7 Å². The molecule has 0 saturated carbocycles. The highest BCUT2D eigenvalue weighted by molar-refractivity contribution is 6.05. The normalized spacial score (nSPS) is 20.2. The number of ether oxygens (including phenoxy) is 1. The second kappa shape index (κ2) is 9.71. The van der Waals surface area contributed by atoms with Gasteiger partial charge in [-0.05, 0) is 67.3 Å². The number of carbonyl (C=O) groups is 3. The summed E-state index contributed by atoms with van der Waals surface area (Å²) in [5.41, 5.74) is 9.88. The first kappa shape index (κ1) is 24.0. The molecule has 0 aromatic heterocycles. The van der Waals surface area contributed by atoms with Crippen molar-refractivity contribution < 1.29 is 24.2 Å². The lowest BCUT2D eigenvalue weighted by atomic mass is 10.1. The van der Waals surface area contributed by atoms with E-state index < -0.39 is 24.0 Å². The number of likely N-dealkylation sites (tertiary alicyclic amines) is 1. The van der Waals surface area contributed by atoms with Gasteiger partial charge in [-0.3, -0.25) is 19.4 Å². The van der Waals surface area contributed by atoms with E-state index in [9.17, 15) is 19.5 Å². The highest BCUT2D eigenvalue weighted by Gasteiger charge is 2.39. The summed E-state index contributed by atoms with van der Waals surface area (Å²) >= 11 is 0. The van der Waals surface area contributed by atoms with Crippen LogP contribution in [0.15, 0.2) is 41.4 Å². The van der Waals surface area contributed by atoms with Gasteiger partial charge in [0.05, 0.1) is 13.2 Å². The Bertz CT molecular complexity index is 1250. The number of rotatable bonds is 5. The minimum atomic E-state index is -1.72. The van der Waals surface area contributed by atoms with Crippen LogP contribution in [0.3, 0.4) is 0 Å². The maximum absolute atomic E-state index is 13.3. The molecule has 2 aromatic rings. The second-order valence-corrected chi connectivity index (χ2v) is 9.35. The van der Waals surface area contributed by atoms with Crippen molar-refractivity contribution in [2.24, 2.45) is 10.7 Å². The molecular weight excluding hydrogens is 462 g/mol. The Kier molecular flexibility index (Phi) is 6.46. The molecular formula is C26H29N5O5. The molecule has 3 aliphatic rings. The van der Waals surface area contributed by atoms with E-state index >= 15 is 0 Å². The van der Waals surface area contributed by atoms with Gasteiger partial charge in [-0.2, -0.15) is 0 Å². The molecule has 0 aliphatic carbocycles. The Hall–Kier alpha value is -3.76. The van der Waals surface area contributed by atoms with Gasteiger partial charge in [0.1, 0.15) is 5.84 Å². The van der Waals surface area contributed by atoms with Gasteiger partial charge < -0.3 is 30.7 Å². The van der Waals surface area contributed by atoms with Gasteiger partial charge in [-0.15, -0.1) is 0 Å².